The van der Waals surface area contributed by atoms with Gasteiger partial charge in [-0.1, -0.05) is 0 Å². The van der Waals surface area contributed by atoms with Crippen molar-refractivity contribution in [3.63, 3.8) is 0 Å². The first-order chi connectivity index (χ1) is 7.26. The van der Waals surface area contributed by atoms with Gasteiger partial charge in [-0.05, 0) is 6.42 Å². The van der Waals surface area contributed by atoms with E-state index in [0.29, 0.717) is 13.0 Å². The SMILES string of the molecule is COCOCCC(CN)C(=O)OCC#N. The van der Waals surface area contributed by atoms with Crippen molar-refractivity contribution in [3.8, 4) is 6.07 Å². The second kappa shape index (κ2) is 9.40. The molecule has 2 N–H and O–H groups in total. The van der Waals surface area contributed by atoms with Crippen LogP contribution in [0.4, 0.5) is 0 Å². The molecule has 0 aliphatic carbocycles. The van der Waals surface area contributed by atoms with Crippen LogP contribution >= 0.6 is 0 Å². The van der Waals surface area contributed by atoms with Gasteiger partial charge < -0.3 is 19.9 Å². The van der Waals surface area contributed by atoms with Crippen molar-refractivity contribution < 1.29 is 19.0 Å². The molecule has 6 nitrogen and oxygen atoms in total. The lowest BCUT2D eigenvalue weighted by Crippen LogP contribution is -2.27. The molecule has 0 aromatic carbocycles. The zero-order valence-corrected chi connectivity index (χ0v) is 8.77. The van der Waals surface area contributed by atoms with Gasteiger partial charge in [0.25, 0.3) is 0 Å². The quantitative estimate of drug-likeness (QED) is 0.338. The number of rotatable bonds is 8. The number of nitrogens with zero attached hydrogens (tertiary/aromatic N) is 1. The predicted octanol–water partition coefficient (Wildman–Crippen LogP) is -0.361. The molecule has 0 fully saturated rings. The maximum atomic E-state index is 11.3. The van der Waals surface area contributed by atoms with E-state index in [-0.39, 0.29) is 19.9 Å². The van der Waals surface area contributed by atoms with Crippen molar-refractivity contribution in [2.75, 3.05) is 33.7 Å². The van der Waals surface area contributed by atoms with Gasteiger partial charge in [0.2, 0.25) is 0 Å². The summed E-state index contributed by atoms with van der Waals surface area (Å²) in [7, 11) is 1.52. The smallest absolute Gasteiger partial charge is 0.311 e. The average molecular weight is 216 g/mol. The summed E-state index contributed by atoms with van der Waals surface area (Å²) in [4.78, 5) is 11.3. The second-order valence-electron chi connectivity index (χ2n) is 2.80. The Bertz CT molecular complexity index is 215. The minimum absolute atomic E-state index is 0.181. The van der Waals surface area contributed by atoms with Crippen LogP contribution in [0.3, 0.4) is 0 Å². The van der Waals surface area contributed by atoms with Crippen molar-refractivity contribution in [2.45, 2.75) is 6.42 Å². The van der Waals surface area contributed by atoms with Crippen molar-refractivity contribution in [1.29, 1.82) is 5.26 Å². The van der Waals surface area contributed by atoms with Gasteiger partial charge in [-0.25, -0.2) is 0 Å². The van der Waals surface area contributed by atoms with Crippen molar-refractivity contribution in [1.82, 2.24) is 0 Å². The molecule has 6 heteroatoms. The van der Waals surface area contributed by atoms with Crippen LogP contribution in [-0.4, -0.2) is 39.6 Å². The first-order valence-electron chi connectivity index (χ1n) is 4.56. The molecule has 0 saturated carbocycles. The molecule has 0 saturated heterocycles. The van der Waals surface area contributed by atoms with Gasteiger partial charge in [-0.15, -0.1) is 0 Å². The van der Waals surface area contributed by atoms with E-state index in [2.05, 4.69) is 9.47 Å². The fourth-order valence-corrected chi connectivity index (χ4v) is 0.921. The van der Waals surface area contributed by atoms with Gasteiger partial charge in [0, 0.05) is 13.7 Å². The van der Waals surface area contributed by atoms with Crippen LogP contribution in [0.1, 0.15) is 6.42 Å². The topological polar surface area (TPSA) is 94.6 Å². The first-order valence-corrected chi connectivity index (χ1v) is 4.56. The lowest BCUT2D eigenvalue weighted by molar-refractivity contribution is -0.147. The normalized spacial score (nSPS) is 11.8. The number of nitrogens with two attached hydrogens (primary N) is 1. The summed E-state index contributed by atoms with van der Waals surface area (Å²) >= 11 is 0. The van der Waals surface area contributed by atoms with Gasteiger partial charge in [-0.2, -0.15) is 5.26 Å². The highest BCUT2D eigenvalue weighted by Crippen LogP contribution is 2.04. The van der Waals surface area contributed by atoms with Crippen LogP contribution in [0.15, 0.2) is 0 Å². The van der Waals surface area contributed by atoms with Crippen LogP contribution in [0.25, 0.3) is 0 Å². The predicted molar refractivity (Wildman–Crippen MR) is 51.6 cm³/mol. The van der Waals surface area contributed by atoms with Crippen molar-refractivity contribution in [3.05, 3.63) is 0 Å². The van der Waals surface area contributed by atoms with E-state index < -0.39 is 11.9 Å². The standard InChI is InChI=1S/C9H16N2O4/c1-13-7-14-4-2-8(6-11)9(12)15-5-3-10/h8H,2,4-7,11H2,1H3. The van der Waals surface area contributed by atoms with E-state index in [0.717, 1.165) is 0 Å². The Labute approximate surface area is 88.9 Å². The largest absolute Gasteiger partial charge is 0.450 e. The minimum Gasteiger partial charge on any atom is -0.450 e. The molecule has 86 valence electrons. The summed E-state index contributed by atoms with van der Waals surface area (Å²) in [5.41, 5.74) is 5.39. The molecule has 1 unspecified atom stereocenters. The highest BCUT2D eigenvalue weighted by molar-refractivity contribution is 5.72. The molecular formula is C9H16N2O4. The van der Waals surface area contributed by atoms with Crippen LogP contribution in [-0.2, 0) is 19.0 Å². The molecular weight excluding hydrogens is 200 g/mol. The highest BCUT2D eigenvalue weighted by Gasteiger charge is 2.17. The lowest BCUT2D eigenvalue weighted by atomic mass is 10.1. The fraction of sp³-hybridized carbons (Fsp3) is 0.778. The van der Waals surface area contributed by atoms with E-state index in [1.807, 2.05) is 0 Å². The zero-order chi connectivity index (χ0) is 11.5. The average Bonchev–Trinajstić information content (AvgIpc) is 2.26. The van der Waals surface area contributed by atoms with Crippen LogP contribution in [0, 0.1) is 17.2 Å². The fourth-order valence-electron chi connectivity index (χ4n) is 0.921. The van der Waals surface area contributed by atoms with Gasteiger partial charge in [0.1, 0.15) is 12.9 Å². The van der Waals surface area contributed by atoms with Gasteiger partial charge in [0.05, 0.1) is 12.5 Å². The van der Waals surface area contributed by atoms with E-state index in [4.69, 9.17) is 15.7 Å². The van der Waals surface area contributed by atoms with E-state index in [1.165, 1.54) is 7.11 Å². The molecule has 0 amide bonds. The van der Waals surface area contributed by atoms with Crippen molar-refractivity contribution in [2.24, 2.45) is 11.7 Å². The Morgan fingerprint density at radius 1 is 1.60 bits per heavy atom. The molecule has 1 atom stereocenters. The number of carbonyl (C=O) groups is 1. The number of hydrogen-bond donors (Lipinski definition) is 1. The molecule has 0 aromatic rings. The number of nitriles is 1. The third kappa shape index (κ3) is 6.85. The molecule has 0 aliphatic rings. The van der Waals surface area contributed by atoms with E-state index in [9.17, 15) is 4.79 Å². The molecule has 0 bridgehead atoms. The molecule has 15 heavy (non-hydrogen) atoms. The molecule has 0 spiro atoms. The van der Waals surface area contributed by atoms with Gasteiger partial charge in [0.15, 0.2) is 6.61 Å². The second-order valence-corrected chi connectivity index (χ2v) is 2.80. The van der Waals surface area contributed by atoms with Crippen LogP contribution < -0.4 is 5.73 Å². The third-order valence-corrected chi connectivity index (χ3v) is 1.71. The van der Waals surface area contributed by atoms with Crippen molar-refractivity contribution >= 4 is 5.97 Å². The number of ether oxygens (including phenoxy) is 3. The summed E-state index contributed by atoms with van der Waals surface area (Å²) < 4.78 is 14.3. The Balaban J connectivity index is 3.71. The Kier molecular flexibility index (Phi) is 8.67. The number of carbonyl (C=O) groups excluding carboxylic acids is 1. The summed E-state index contributed by atoms with van der Waals surface area (Å²) in [6.07, 6.45) is 0.462. The minimum atomic E-state index is -0.458. The van der Waals surface area contributed by atoms with Gasteiger partial charge >= 0.3 is 5.97 Å². The molecule has 0 aromatic heterocycles. The summed E-state index contributed by atoms with van der Waals surface area (Å²) in [6.45, 7) is 0.497. The maximum absolute atomic E-state index is 11.3. The molecule has 0 heterocycles. The van der Waals surface area contributed by atoms with E-state index in [1.54, 1.807) is 6.07 Å². The number of esters is 1. The maximum Gasteiger partial charge on any atom is 0.311 e. The van der Waals surface area contributed by atoms with Crippen LogP contribution in [0.2, 0.25) is 0 Å². The first kappa shape index (κ1) is 13.8. The zero-order valence-electron chi connectivity index (χ0n) is 8.77. The molecule has 0 aliphatic heterocycles. The molecule has 0 radical (unpaired) electrons. The van der Waals surface area contributed by atoms with Gasteiger partial charge in [-0.3, -0.25) is 4.79 Å². The summed E-state index contributed by atoms with van der Waals surface area (Å²) in [5, 5.41) is 8.22. The lowest BCUT2D eigenvalue weighted by Gasteiger charge is -2.12. The van der Waals surface area contributed by atoms with Crippen LogP contribution in [0.5, 0.6) is 0 Å². The molecule has 0 rings (SSSR count). The number of hydrogen-bond acceptors (Lipinski definition) is 6. The monoisotopic (exact) mass is 216 g/mol. The Morgan fingerprint density at radius 3 is 2.87 bits per heavy atom. The Morgan fingerprint density at radius 2 is 2.33 bits per heavy atom. The number of methoxy groups -OCH3 is 1. The Hall–Kier alpha value is -1.16. The third-order valence-electron chi connectivity index (χ3n) is 1.71. The summed E-state index contributed by atoms with van der Waals surface area (Å²) in [6, 6.07) is 1.72. The van der Waals surface area contributed by atoms with E-state index >= 15 is 0 Å². The summed E-state index contributed by atoms with van der Waals surface area (Å²) in [5.74, 6) is -0.879. The highest BCUT2D eigenvalue weighted by atomic mass is 16.7.